The van der Waals surface area contributed by atoms with Crippen LogP contribution in [0.25, 0.3) is 0 Å². The molecule has 0 N–H and O–H groups in total. The van der Waals surface area contributed by atoms with Crippen molar-refractivity contribution in [2.24, 2.45) is 0 Å². The highest BCUT2D eigenvalue weighted by Gasteiger charge is 2.29. The number of carbonyl (C=O) groups is 1. The lowest BCUT2D eigenvalue weighted by Crippen LogP contribution is -2.02. The number of thioether (sulfide) groups is 1. The zero-order valence-corrected chi connectivity index (χ0v) is 10.6. The van der Waals surface area contributed by atoms with E-state index in [9.17, 15) is 18.0 Å². The molecule has 0 spiro atoms. The van der Waals surface area contributed by atoms with Crippen molar-refractivity contribution in [2.75, 3.05) is 0 Å². The summed E-state index contributed by atoms with van der Waals surface area (Å²) in [6.45, 7) is 1.38. The van der Waals surface area contributed by atoms with Gasteiger partial charge in [0.1, 0.15) is 5.78 Å². The number of rotatable bonds is 3. The van der Waals surface area contributed by atoms with Crippen molar-refractivity contribution in [2.45, 2.75) is 22.2 Å². The van der Waals surface area contributed by atoms with Gasteiger partial charge in [0, 0.05) is 4.90 Å². The average Bonchev–Trinajstić information content (AvgIpc) is 2.14. The van der Waals surface area contributed by atoms with Gasteiger partial charge in [0.25, 0.3) is 0 Å². The Balaban J connectivity index is 2.91. The minimum atomic E-state index is -4.31. The van der Waals surface area contributed by atoms with Gasteiger partial charge < -0.3 is 0 Å². The first kappa shape index (κ1) is 13.6. The van der Waals surface area contributed by atoms with E-state index in [0.717, 1.165) is 0 Å². The molecule has 0 radical (unpaired) electrons. The van der Waals surface area contributed by atoms with E-state index in [1.807, 2.05) is 0 Å². The Hall–Kier alpha value is -0.490. The summed E-state index contributed by atoms with van der Waals surface area (Å²) >= 11 is 2.94. The first-order chi connectivity index (χ1) is 7.29. The Labute approximate surface area is 104 Å². The number of carbonyl (C=O) groups excluding carboxylic acids is 1. The van der Waals surface area contributed by atoms with Gasteiger partial charge in [-0.2, -0.15) is 13.2 Å². The normalized spacial score (nSPS) is 13.6. The molecule has 0 bridgehead atoms. The molecule has 1 nitrogen and oxygen atoms in total. The molecule has 1 aromatic carbocycles. The summed E-state index contributed by atoms with van der Waals surface area (Å²) in [4.78, 5) is 10.6. The van der Waals surface area contributed by atoms with E-state index >= 15 is 0 Å². The van der Waals surface area contributed by atoms with Gasteiger partial charge in [-0.1, -0.05) is 28.1 Å². The van der Waals surface area contributed by atoms with Crippen LogP contribution in [-0.2, 0) is 4.79 Å². The quantitative estimate of drug-likeness (QED) is 0.610. The molecule has 1 rings (SSSR count). The second kappa shape index (κ2) is 5.23. The summed E-state index contributed by atoms with van der Waals surface area (Å²) < 4.78 is 36.4. The molecule has 0 aliphatic heterocycles. The number of ketones is 1. The van der Waals surface area contributed by atoms with Crippen LogP contribution < -0.4 is 0 Å². The summed E-state index contributed by atoms with van der Waals surface area (Å²) in [6, 6.07) is 5.84. The molecule has 1 atom stereocenters. The summed E-state index contributed by atoms with van der Waals surface area (Å²) in [5.41, 5.74) is -3.78. The van der Waals surface area contributed by atoms with Crippen LogP contribution in [0.5, 0.6) is 0 Å². The van der Waals surface area contributed by atoms with Crippen molar-refractivity contribution in [1.29, 1.82) is 0 Å². The number of alkyl halides is 4. The number of benzene rings is 1. The molecule has 0 amide bonds. The summed E-state index contributed by atoms with van der Waals surface area (Å²) in [7, 11) is 0. The molecule has 0 saturated carbocycles. The predicted molar refractivity (Wildman–Crippen MR) is 60.7 cm³/mol. The molecule has 1 unspecified atom stereocenters. The fourth-order valence-electron chi connectivity index (χ4n) is 1.10. The van der Waals surface area contributed by atoms with Gasteiger partial charge in [-0.15, -0.1) is 0 Å². The predicted octanol–water partition coefficient (Wildman–Crippen LogP) is 4.32. The Morgan fingerprint density at radius 2 is 2.06 bits per heavy atom. The average molecular weight is 313 g/mol. The lowest BCUT2D eigenvalue weighted by molar-refractivity contribution is -0.116. The van der Waals surface area contributed by atoms with Gasteiger partial charge in [0.15, 0.2) is 0 Å². The monoisotopic (exact) mass is 312 g/mol. The molecule has 0 aliphatic carbocycles. The van der Waals surface area contributed by atoms with Crippen molar-refractivity contribution in [3.8, 4) is 0 Å². The van der Waals surface area contributed by atoms with Crippen molar-refractivity contribution in [3.63, 3.8) is 0 Å². The van der Waals surface area contributed by atoms with E-state index in [4.69, 9.17) is 0 Å². The summed E-state index contributed by atoms with van der Waals surface area (Å²) in [6.07, 6.45) is 0. The van der Waals surface area contributed by atoms with Crippen LogP contribution >= 0.6 is 27.7 Å². The molecular formula is C10H8BrF3OS. The lowest BCUT2D eigenvalue weighted by atomic mass is 10.1. The molecule has 0 aromatic heterocycles. The Morgan fingerprint density at radius 1 is 1.44 bits per heavy atom. The van der Waals surface area contributed by atoms with Gasteiger partial charge in [0.2, 0.25) is 0 Å². The number of Topliss-reactive ketones (excluding diaryl/α,β-unsaturated/α-hetero) is 1. The fourth-order valence-corrected chi connectivity index (χ4v) is 2.00. The van der Waals surface area contributed by atoms with Gasteiger partial charge >= 0.3 is 5.51 Å². The number of halogens is 4. The van der Waals surface area contributed by atoms with Crippen LogP contribution in [0, 0.1) is 0 Å². The van der Waals surface area contributed by atoms with Crippen LogP contribution in [0.2, 0.25) is 0 Å². The molecule has 16 heavy (non-hydrogen) atoms. The topological polar surface area (TPSA) is 17.1 Å². The summed E-state index contributed by atoms with van der Waals surface area (Å²) in [5.74, 6) is -0.144. The Kier molecular flexibility index (Phi) is 4.43. The number of hydrogen-bond donors (Lipinski definition) is 0. The summed E-state index contributed by atoms with van der Waals surface area (Å²) in [5, 5.41) is 0. The van der Waals surface area contributed by atoms with Gasteiger partial charge in [-0.25, -0.2) is 0 Å². The smallest absolute Gasteiger partial charge is 0.298 e. The van der Waals surface area contributed by atoms with Crippen molar-refractivity contribution < 1.29 is 18.0 Å². The largest absolute Gasteiger partial charge is 0.446 e. The molecule has 88 valence electrons. The van der Waals surface area contributed by atoms with E-state index in [0.29, 0.717) is 5.56 Å². The van der Waals surface area contributed by atoms with Crippen molar-refractivity contribution in [3.05, 3.63) is 29.8 Å². The van der Waals surface area contributed by atoms with Crippen molar-refractivity contribution in [1.82, 2.24) is 0 Å². The molecule has 0 fully saturated rings. The Bertz CT molecular complexity index is 392. The van der Waals surface area contributed by atoms with Gasteiger partial charge in [-0.3, -0.25) is 4.79 Å². The SMILES string of the molecule is CC(=O)C(Br)c1cccc(SC(F)(F)F)c1. The van der Waals surface area contributed by atoms with E-state index in [1.54, 1.807) is 6.07 Å². The third kappa shape index (κ3) is 4.17. The second-order valence-corrected chi connectivity index (χ2v) is 5.15. The number of hydrogen-bond acceptors (Lipinski definition) is 2. The standard InChI is InChI=1S/C10H8BrF3OS/c1-6(15)9(11)7-3-2-4-8(5-7)16-10(12,13)14/h2-5,9H,1H3. The Morgan fingerprint density at radius 3 is 2.56 bits per heavy atom. The maximum Gasteiger partial charge on any atom is 0.446 e. The first-order valence-corrected chi connectivity index (χ1v) is 6.03. The molecule has 6 heteroatoms. The van der Waals surface area contributed by atoms with E-state index in [1.165, 1.54) is 25.1 Å². The van der Waals surface area contributed by atoms with Gasteiger partial charge in [-0.05, 0) is 36.4 Å². The molecule has 0 aliphatic rings. The maximum atomic E-state index is 12.1. The van der Waals surface area contributed by atoms with E-state index in [2.05, 4.69) is 15.9 Å². The second-order valence-electron chi connectivity index (χ2n) is 3.09. The third-order valence-corrected chi connectivity index (χ3v) is 3.64. The molecule has 0 heterocycles. The highest BCUT2D eigenvalue weighted by atomic mass is 79.9. The first-order valence-electron chi connectivity index (χ1n) is 4.30. The van der Waals surface area contributed by atoms with Crippen LogP contribution in [0.1, 0.15) is 17.3 Å². The maximum absolute atomic E-state index is 12.1. The van der Waals surface area contributed by atoms with Crippen molar-refractivity contribution >= 4 is 33.5 Å². The van der Waals surface area contributed by atoms with Crippen LogP contribution in [0.4, 0.5) is 13.2 Å². The molecule has 1 aromatic rings. The minimum Gasteiger partial charge on any atom is -0.298 e. The van der Waals surface area contributed by atoms with E-state index < -0.39 is 10.3 Å². The molecular weight excluding hydrogens is 305 g/mol. The zero-order valence-electron chi connectivity index (χ0n) is 8.22. The fraction of sp³-hybridized carbons (Fsp3) is 0.300. The highest BCUT2D eigenvalue weighted by Crippen LogP contribution is 2.38. The minimum absolute atomic E-state index is 0.0794. The van der Waals surface area contributed by atoms with Gasteiger partial charge in [0.05, 0.1) is 4.83 Å². The molecule has 0 saturated heterocycles. The third-order valence-electron chi connectivity index (χ3n) is 1.74. The van der Waals surface area contributed by atoms with E-state index in [-0.39, 0.29) is 22.4 Å². The van der Waals surface area contributed by atoms with Crippen LogP contribution in [-0.4, -0.2) is 11.3 Å². The zero-order chi connectivity index (χ0) is 12.3. The van der Waals surface area contributed by atoms with Crippen LogP contribution in [0.3, 0.4) is 0 Å². The van der Waals surface area contributed by atoms with Crippen LogP contribution in [0.15, 0.2) is 29.2 Å². The lowest BCUT2D eigenvalue weighted by Gasteiger charge is -2.09. The highest BCUT2D eigenvalue weighted by molar-refractivity contribution is 9.09.